The van der Waals surface area contributed by atoms with E-state index in [1.54, 1.807) is 42.5 Å². The van der Waals surface area contributed by atoms with Crippen molar-refractivity contribution in [3.05, 3.63) is 89.2 Å². The predicted molar refractivity (Wildman–Crippen MR) is 112 cm³/mol. The number of anilines is 2. The highest BCUT2D eigenvalue weighted by Gasteiger charge is 2.27. The quantitative estimate of drug-likeness (QED) is 0.618. The molecule has 0 aliphatic heterocycles. The van der Waals surface area contributed by atoms with Gasteiger partial charge in [-0.3, -0.25) is 9.10 Å². The van der Waals surface area contributed by atoms with E-state index in [2.05, 4.69) is 5.32 Å². The highest BCUT2D eigenvalue weighted by molar-refractivity contribution is 7.92. The molecule has 0 radical (unpaired) electrons. The molecule has 0 aliphatic carbocycles. The maximum absolute atomic E-state index is 13.3. The third-order valence-electron chi connectivity index (χ3n) is 4.14. The van der Waals surface area contributed by atoms with Gasteiger partial charge >= 0.3 is 0 Å². The lowest BCUT2D eigenvalue weighted by molar-refractivity contribution is -0.114. The zero-order valence-electron chi connectivity index (χ0n) is 15.5. The van der Waals surface area contributed by atoms with Gasteiger partial charge in [-0.25, -0.2) is 12.8 Å². The van der Waals surface area contributed by atoms with E-state index >= 15 is 0 Å². The van der Waals surface area contributed by atoms with Gasteiger partial charge in [-0.1, -0.05) is 47.5 Å². The summed E-state index contributed by atoms with van der Waals surface area (Å²) < 4.78 is 40.7. The van der Waals surface area contributed by atoms with Crippen molar-refractivity contribution in [1.29, 1.82) is 0 Å². The smallest absolute Gasteiger partial charge is 0.264 e. The summed E-state index contributed by atoms with van der Waals surface area (Å²) in [4.78, 5) is 12.7. The molecule has 0 spiro atoms. The maximum atomic E-state index is 13.3. The summed E-state index contributed by atoms with van der Waals surface area (Å²) in [6.07, 6.45) is 0. The number of carbonyl (C=O) groups is 1. The fraction of sp³-hybridized carbons (Fsp3) is 0.0952. The normalized spacial score (nSPS) is 11.1. The number of nitrogens with zero attached hydrogens (tertiary/aromatic N) is 1. The Kier molecular flexibility index (Phi) is 6.20. The standard InChI is InChI=1S/C21H18ClFN2O3S/c1-15-7-10-17(11-8-15)25(29(27,28)18-5-3-2-4-6-18)14-21(26)24-16-9-12-20(23)19(22)13-16/h2-13H,14H2,1H3,(H,24,26). The first-order chi connectivity index (χ1) is 13.8. The van der Waals surface area contributed by atoms with Crippen LogP contribution in [-0.2, 0) is 14.8 Å². The SMILES string of the molecule is Cc1ccc(N(CC(=O)Nc2ccc(F)c(Cl)c2)S(=O)(=O)c2ccccc2)cc1. The molecule has 0 aliphatic rings. The van der Waals surface area contributed by atoms with Gasteiger partial charge in [0.05, 0.1) is 15.6 Å². The van der Waals surface area contributed by atoms with E-state index in [1.807, 2.05) is 6.92 Å². The van der Waals surface area contributed by atoms with Gasteiger partial charge < -0.3 is 5.32 Å². The summed E-state index contributed by atoms with van der Waals surface area (Å²) in [5.74, 6) is -1.20. The van der Waals surface area contributed by atoms with Crippen molar-refractivity contribution in [2.24, 2.45) is 0 Å². The van der Waals surface area contributed by atoms with Crippen molar-refractivity contribution >= 4 is 38.9 Å². The van der Waals surface area contributed by atoms with Crippen molar-refractivity contribution in [2.45, 2.75) is 11.8 Å². The number of benzene rings is 3. The summed E-state index contributed by atoms with van der Waals surface area (Å²) in [7, 11) is -3.98. The Morgan fingerprint density at radius 3 is 2.31 bits per heavy atom. The molecular weight excluding hydrogens is 415 g/mol. The monoisotopic (exact) mass is 432 g/mol. The lowest BCUT2D eigenvalue weighted by Crippen LogP contribution is -2.38. The van der Waals surface area contributed by atoms with Crippen molar-refractivity contribution in [2.75, 3.05) is 16.2 Å². The molecular formula is C21H18ClFN2O3S. The zero-order valence-corrected chi connectivity index (χ0v) is 17.0. The Morgan fingerprint density at radius 2 is 1.69 bits per heavy atom. The Hall–Kier alpha value is -2.90. The van der Waals surface area contributed by atoms with Gasteiger partial charge in [0.15, 0.2) is 0 Å². The minimum atomic E-state index is -3.98. The van der Waals surface area contributed by atoms with E-state index in [-0.39, 0.29) is 15.6 Å². The van der Waals surface area contributed by atoms with Crippen molar-refractivity contribution in [1.82, 2.24) is 0 Å². The average Bonchev–Trinajstić information content (AvgIpc) is 2.70. The van der Waals surface area contributed by atoms with Gasteiger partial charge in [0.25, 0.3) is 10.0 Å². The lowest BCUT2D eigenvalue weighted by Gasteiger charge is -2.24. The lowest BCUT2D eigenvalue weighted by atomic mass is 10.2. The van der Waals surface area contributed by atoms with Gasteiger partial charge in [0.2, 0.25) is 5.91 Å². The van der Waals surface area contributed by atoms with Crippen LogP contribution in [0, 0.1) is 12.7 Å². The van der Waals surface area contributed by atoms with E-state index in [0.717, 1.165) is 15.9 Å². The Morgan fingerprint density at radius 1 is 1.03 bits per heavy atom. The summed E-state index contributed by atoms with van der Waals surface area (Å²) in [5.41, 5.74) is 1.57. The Balaban J connectivity index is 1.92. The predicted octanol–water partition coefficient (Wildman–Crippen LogP) is 4.62. The van der Waals surface area contributed by atoms with E-state index in [9.17, 15) is 17.6 Å². The third kappa shape index (κ3) is 4.93. The second-order valence-corrected chi connectivity index (χ2v) is 8.61. The average molecular weight is 433 g/mol. The molecule has 0 saturated carbocycles. The number of hydrogen-bond donors (Lipinski definition) is 1. The van der Waals surface area contributed by atoms with Crippen LogP contribution in [0.1, 0.15) is 5.56 Å². The van der Waals surface area contributed by atoms with Crippen molar-refractivity contribution < 1.29 is 17.6 Å². The van der Waals surface area contributed by atoms with Crippen LogP contribution in [0.2, 0.25) is 5.02 Å². The molecule has 0 bridgehead atoms. The molecule has 3 rings (SSSR count). The Bertz CT molecular complexity index is 1120. The topological polar surface area (TPSA) is 66.5 Å². The first kappa shape index (κ1) is 20.8. The Labute approximate surface area is 173 Å². The first-order valence-corrected chi connectivity index (χ1v) is 10.5. The first-order valence-electron chi connectivity index (χ1n) is 8.67. The highest BCUT2D eigenvalue weighted by atomic mass is 35.5. The van der Waals surface area contributed by atoms with Gasteiger partial charge in [-0.2, -0.15) is 0 Å². The van der Waals surface area contributed by atoms with E-state index in [0.29, 0.717) is 5.69 Å². The molecule has 1 amide bonds. The molecule has 29 heavy (non-hydrogen) atoms. The van der Waals surface area contributed by atoms with Gasteiger partial charge in [0.1, 0.15) is 12.4 Å². The molecule has 0 unspecified atom stereocenters. The molecule has 0 saturated heterocycles. The third-order valence-corrected chi connectivity index (χ3v) is 6.22. The summed E-state index contributed by atoms with van der Waals surface area (Å²) in [6, 6.07) is 18.4. The largest absolute Gasteiger partial charge is 0.324 e. The molecule has 0 atom stereocenters. The molecule has 3 aromatic carbocycles. The summed E-state index contributed by atoms with van der Waals surface area (Å²) in [6.45, 7) is 1.42. The zero-order chi connectivity index (χ0) is 21.0. The van der Waals surface area contributed by atoms with Gasteiger partial charge in [0, 0.05) is 5.69 Å². The fourth-order valence-electron chi connectivity index (χ4n) is 2.65. The number of amides is 1. The van der Waals surface area contributed by atoms with E-state index < -0.39 is 28.3 Å². The number of sulfonamides is 1. The minimum absolute atomic E-state index is 0.0678. The molecule has 0 aromatic heterocycles. The molecule has 0 heterocycles. The highest BCUT2D eigenvalue weighted by Crippen LogP contribution is 2.24. The molecule has 3 aromatic rings. The number of carbonyl (C=O) groups excluding carboxylic acids is 1. The van der Waals surface area contributed by atoms with Crippen LogP contribution >= 0.6 is 11.6 Å². The minimum Gasteiger partial charge on any atom is -0.324 e. The maximum Gasteiger partial charge on any atom is 0.264 e. The van der Waals surface area contributed by atoms with Crippen molar-refractivity contribution in [3.8, 4) is 0 Å². The molecule has 1 N–H and O–H groups in total. The number of hydrogen-bond acceptors (Lipinski definition) is 3. The van der Waals surface area contributed by atoms with Gasteiger partial charge in [-0.15, -0.1) is 0 Å². The number of aryl methyl sites for hydroxylation is 1. The summed E-state index contributed by atoms with van der Waals surface area (Å²) in [5, 5.41) is 2.41. The van der Waals surface area contributed by atoms with Crippen LogP contribution in [0.5, 0.6) is 0 Å². The van der Waals surface area contributed by atoms with Crippen molar-refractivity contribution in [3.63, 3.8) is 0 Å². The summed E-state index contributed by atoms with van der Waals surface area (Å²) >= 11 is 5.73. The number of rotatable bonds is 6. The van der Waals surface area contributed by atoms with Crippen LogP contribution in [0.25, 0.3) is 0 Å². The van der Waals surface area contributed by atoms with E-state index in [4.69, 9.17) is 11.6 Å². The molecule has 5 nitrogen and oxygen atoms in total. The van der Waals surface area contributed by atoms with E-state index in [1.165, 1.54) is 24.3 Å². The molecule has 8 heteroatoms. The number of nitrogens with one attached hydrogen (secondary N) is 1. The molecule has 150 valence electrons. The van der Waals surface area contributed by atoms with Crippen LogP contribution in [0.3, 0.4) is 0 Å². The van der Waals surface area contributed by atoms with Crippen LogP contribution in [0.4, 0.5) is 15.8 Å². The number of halogens is 2. The van der Waals surface area contributed by atoms with Gasteiger partial charge in [-0.05, 0) is 49.4 Å². The fourth-order valence-corrected chi connectivity index (χ4v) is 4.27. The van der Waals surface area contributed by atoms with Crippen LogP contribution in [-0.4, -0.2) is 20.9 Å². The van der Waals surface area contributed by atoms with Crippen LogP contribution < -0.4 is 9.62 Å². The van der Waals surface area contributed by atoms with Crippen LogP contribution in [0.15, 0.2) is 77.7 Å². The molecule has 0 fully saturated rings. The second kappa shape index (κ2) is 8.63. The second-order valence-electron chi connectivity index (χ2n) is 6.34.